The summed E-state index contributed by atoms with van der Waals surface area (Å²) < 4.78 is 10.9. The van der Waals surface area contributed by atoms with Crippen LogP contribution in [0.4, 0.5) is 4.79 Å². The van der Waals surface area contributed by atoms with Gasteiger partial charge in [0.05, 0.1) is 29.9 Å². The van der Waals surface area contributed by atoms with Crippen molar-refractivity contribution in [2.75, 3.05) is 7.11 Å². The Labute approximate surface area is 212 Å². The Kier molecular flexibility index (Phi) is 8.16. The number of carbonyl (C=O) groups is 2. The predicted octanol–water partition coefficient (Wildman–Crippen LogP) is 4.92. The third-order valence-electron chi connectivity index (χ3n) is 5.94. The van der Waals surface area contributed by atoms with E-state index >= 15 is 0 Å². The molecule has 3 aromatic rings. The second-order valence-corrected chi connectivity index (χ2v) is 10.7. The number of Topliss-reactive ketones (excluding diaryl/α,β-unsaturated/α-hetero) is 1. The monoisotopic (exact) mass is 509 g/mol. The van der Waals surface area contributed by atoms with Gasteiger partial charge in [-0.3, -0.25) is 4.79 Å². The average Bonchev–Trinajstić information content (AvgIpc) is 3.43. The standard InChI is InChI=1S/C26H27N3O4S2/c1-16-29-18(15-34-16)14-28-26(31)33-21-8-9-22-23(13-27)24(35-25(22)12-21)11-19(30)7-6-17-4-3-5-20(10-17)32-2/h3-5,10,15,21H,6-9,11-12,14H2,1-2H3,(H,28,31). The molecule has 1 atom stereocenters. The Morgan fingerprint density at radius 2 is 2.20 bits per heavy atom. The Morgan fingerprint density at radius 1 is 1.34 bits per heavy atom. The molecular weight excluding hydrogens is 482 g/mol. The van der Waals surface area contributed by atoms with E-state index in [0.29, 0.717) is 44.2 Å². The zero-order valence-corrected chi connectivity index (χ0v) is 21.4. The molecule has 2 heterocycles. The average molecular weight is 510 g/mol. The topological polar surface area (TPSA) is 101 Å². The summed E-state index contributed by atoms with van der Waals surface area (Å²) in [5.41, 5.74) is 3.49. The summed E-state index contributed by atoms with van der Waals surface area (Å²) in [7, 11) is 1.62. The lowest BCUT2D eigenvalue weighted by molar-refractivity contribution is -0.118. The van der Waals surface area contributed by atoms with Gasteiger partial charge in [0, 0.05) is 34.4 Å². The molecule has 35 heavy (non-hydrogen) atoms. The van der Waals surface area contributed by atoms with Crippen LogP contribution in [0.5, 0.6) is 5.75 Å². The SMILES string of the molecule is COc1cccc(CCC(=O)Cc2sc3c(c2C#N)CCC(OC(=O)NCc2csc(C)n2)C3)c1. The van der Waals surface area contributed by atoms with Crippen molar-refractivity contribution < 1.29 is 19.1 Å². The molecule has 4 rings (SSSR count). The fourth-order valence-corrected chi connectivity index (χ4v) is 6.20. The number of nitriles is 1. The number of hydrogen-bond donors (Lipinski definition) is 1. The second kappa shape index (κ2) is 11.5. The molecule has 1 N–H and O–H groups in total. The summed E-state index contributed by atoms with van der Waals surface area (Å²) >= 11 is 3.04. The Hall–Kier alpha value is -3.22. The third kappa shape index (κ3) is 6.47. The first-order valence-corrected chi connectivity index (χ1v) is 13.2. The molecule has 1 amide bonds. The van der Waals surface area contributed by atoms with Gasteiger partial charge in [0.15, 0.2) is 0 Å². The van der Waals surface area contributed by atoms with Crippen LogP contribution in [0, 0.1) is 18.3 Å². The fraction of sp³-hybridized carbons (Fsp3) is 0.385. The number of benzene rings is 1. The maximum atomic E-state index is 12.7. The first-order chi connectivity index (χ1) is 16.9. The van der Waals surface area contributed by atoms with Gasteiger partial charge in [0.2, 0.25) is 0 Å². The summed E-state index contributed by atoms with van der Waals surface area (Å²) in [5, 5.41) is 15.4. The molecule has 0 bridgehead atoms. The van der Waals surface area contributed by atoms with Gasteiger partial charge in [-0.1, -0.05) is 12.1 Å². The molecule has 1 aliphatic rings. The zero-order valence-electron chi connectivity index (χ0n) is 19.8. The lowest BCUT2D eigenvalue weighted by Gasteiger charge is -2.22. The number of rotatable bonds is 9. The summed E-state index contributed by atoms with van der Waals surface area (Å²) in [4.78, 5) is 31.1. The van der Waals surface area contributed by atoms with Gasteiger partial charge in [0.1, 0.15) is 23.7 Å². The number of ether oxygens (including phenoxy) is 2. The van der Waals surface area contributed by atoms with E-state index in [1.165, 1.54) is 22.7 Å². The van der Waals surface area contributed by atoms with Gasteiger partial charge in [-0.05, 0) is 49.4 Å². The zero-order chi connectivity index (χ0) is 24.8. The molecule has 7 nitrogen and oxygen atoms in total. The van der Waals surface area contributed by atoms with E-state index in [1.54, 1.807) is 7.11 Å². The van der Waals surface area contributed by atoms with Crippen molar-refractivity contribution in [2.24, 2.45) is 0 Å². The van der Waals surface area contributed by atoms with E-state index in [-0.39, 0.29) is 18.3 Å². The first kappa shape index (κ1) is 24.9. The van der Waals surface area contributed by atoms with Crippen LogP contribution in [-0.4, -0.2) is 30.1 Å². The fourth-order valence-electron chi connectivity index (χ4n) is 4.19. The molecule has 182 valence electrons. The molecule has 1 aromatic carbocycles. The summed E-state index contributed by atoms with van der Waals surface area (Å²) in [6, 6.07) is 10.0. The van der Waals surface area contributed by atoms with Crippen molar-refractivity contribution in [1.82, 2.24) is 10.3 Å². The number of fused-ring (bicyclic) bond motifs is 1. The van der Waals surface area contributed by atoms with E-state index in [0.717, 1.165) is 37.3 Å². The van der Waals surface area contributed by atoms with Gasteiger partial charge in [-0.15, -0.1) is 22.7 Å². The Bertz CT molecular complexity index is 1260. The third-order valence-corrected chi connectivity index (χ3v) is 8.02. The number of nitrogens with zero attached hydrogens (tertiary/aromatic N) is 2. The van der Waals surface area contributed by atoms with Gasteiger partial charge >= 0.3 is 6.09 Å². The van der Waals surface area contributed by atoms with Crippen molar-refractivity contribution >= 4 is 34.6 Å². The van der Waals surface area contributed by atoms with E-state index in [9.17, 15) is 14.9 Å². The number of methoxy groups -OCH3 is 1. The van der Waals surface area contributed by atoms with Crippen LogP contribution in [0.2, 0.25) is 0 Å². The molecule has 1 unspecified atom stereocenters. The highest BCUT2D eigenvalue weighted by atomic mass is 32.1. The number of carbonyl (C=O) groups excluding carboxylic acids is 2. The van der Waals surface area contributed by atoms with Crippen LogP contribution in [-0.2, 0) is 41.8 Å². The lowest BCUT2D eigenvalue weighted by atomic mass is 9.92. The smallest absolute Gasteiger partial charge is 0.407 e. The minimum atomic E-state index is -0.464. The predicted molar refractivity (Wildman–Crippen MR) is 135 cm³/mol. The van der Waals surface area contributed by atoms with Crippen LogP contribution in [0.25, 0.3) is 0 Å². The van der Waals surface area contributed by atoms with Crippen LogP contribution in [0.1, 0.15) is 50.0 Å². The molecule has 0 fully saturated rings. The first-order valence-electron chi connectivity index (χ1n) is 11.5. The van der Waals surface area contributed by atoms with Crippen molar-refractivity contribution in [2.45, 2.75) is 58.1 Å². The molecule has 1 aliphatic carbocycles. The highest BCUT2D eigenvalue weighted by Crippen LogP contribution is 2.35. The van der Waals surface area contributed by atoms with Crippen LogP contribution in [0.15, 0.2) is 29.6 Å². The van der Waals surface area contributed by atoms with Crippen LogP contribution >= 0.6 is 22.7 Å². The number of nitrogens with one attached hydrogen (secondary N) is 1. The van der Waals surface area contributed by atoms with Gasteiger partial charge in [-0.25, -0.2) is 9.78 Å². The molecule has 2 aromatic heterocycles. The number of alkyl carbamates (subject to hydrolysis) is 1. The van der Waals surface area contributed by atoms with E-state index in [1.807, 2.05) is 36.6 Å². The van der Waals surface area contributed by atoms with Crippen molar-refractivity contribution in [3.8, 4) is 11.8 Å². The molecule has 0 radical (unpaired) electrons. The minimum absolute atomic E-state index is 0.104. The van der Waals surface area contributed by atoms with Crippen molar-refractivity contribution in [3.63, 3.8) is 0 Å². The van der Waals surface area contributed by atoms with Crippen LogP contribution < -0.4 is 10.1 Å². The van der Waals surface area contributed by atoms with E-state index < -0.39 is 6.09 Å². The largest absolute Gasteiger partial charge is 0.497 e. The Balaban J connectivity index is 1.32. The van der Waals surface area contributed by atoms with E-state index in [4.69, 9.17) is 9.47 Å². The molecular formula is C26H27N3O4S2. The van der Waals surface area contributed by atoms with E-state index in [2.05, 4.69) is 16.4 Å². The Morgan fingerprint density at radius 3 is 2.94 bits per heavy atom. The highest BCUT2D eigenvalue weighted by Gasteiger charge is 2.28. The minimum Gasteiger partial charge on any atom is -0.497 e. The molecule has 0 saturated heterocycles. The summed E-state index contributed by atoms with van der Waals surface area (Å²) in [6.07, 6.45) is 2.47. The normalized spacial score (nSPS) is 14.6. The number of thiophene rings is 1. The quantitative estimate of drug-likeness (QED) is 0.439. The van der Waals surface area contributed by atoms with Gasteiger partial charge in [0.25, 0.3) is 0 Å². The number of aromatic nitrogens is 1. The molecule has 9 heteroatoms. The second-order valence-electron chi connectivity index (χ2n) is 8.46. The molecule has 0 saturated carbocycles. The summed E-state index contributed by atoms with van der Waals surface area (Å²) in [5.74, 6) is 0.878. The number of amides is 1. The number of aryl methyl sites for hydroxylation is 2. The van der Waals surface area contributed by atoms with Crippen molar-refractivity contribution in [1.29, 1.82) is 5.26 Å². The van der Waals surface area contributed by atoms with Gasteiger partial charge in [-0.2, -0.15) is 5.26 Å². The van der Waals surface area contributed by atoms with Crippen LogP contribution in [0.3, 0.4) is 0 Å². The number of ketones is 1. The van der Waals surface area contributed by atoms with Crippen molar-refractivity contribution in [3.05, 3.63) is 66.8 Å². The number of thiazole rings is 1. The summed E-state index contributed by atoms with van der Waals surface area (Å²) in [6.45, 7) is 2.26. The number of hydrogen-bond acceptors (Lipinski definition) is 8. The lowest BCUT2D eigenvalue weighted by Crippen LogP contribution is -2.31. The maximum absolute atomic E-state index is 12.7. The van der Waals surface area contributed by atoms with Gasteiger partial charge < -0.3 is 14.8 Å². The highest BCUT2D eigenvalue weighted by molar-refractivity contribution is 7.12. The maximum Gasteiger partial charge on any atom is 0.407 e. The molecule has 0 aliphatic heterocycles. The molecule has 0 spiro atoms.